The topological polar surface area (TPSA) is 49.5 Å². The van der Waals surface area contributed by atoms with Gasteiger partial charge in [0.15, 0.2) is 0 Å². The number of rotatable bonds is 3. The number of nitrogens with zero attached hydrogens (tertiary/aromatic N) is 2. The van der Waals surface area contributed by atoms with Crippen molar-refractivity contribution in [3.63, 3.8) is 0 Å². The van der Waals surface area contributed by atoms with Crippen LogP contribution >= 0.6 is 11.8 Å². The van der Waals surface area contributed by atoms with Gasteiger partial charge < -0.3 is 21.1 Å². The van der Waals surface area contributed by atoms with E-state index in [9.17, 15) is 0 Å². The molecule has 0 aromatic carbocycles. The van der Waals surface area contributed by atoms with E-state index in [1.54, 1.807) is 11.8 Å². The summed E-state index contributed by atoms with van der Waals surface area (Å²) in [6.07, 6.45) is 19.3. The van der Waals surface area contributed by atoms with Crippen molar-refractivity contribution in [2.24, 2.45) is 29.1 Å². The minimum atomic E-state index is -2.01. The number of hydrogen-bond donors (Lipinski definition) is 1. The second kappa shape index (κ2) is 14.4. The van der Waals surface area contributed by atoms with Gasteiger partial charge in [0.1, 0.15) is 6.23 Å². The Balaban J connectivity index is 0.000000270. The molecule has 0 saturated carbocycles. The van der Waals surface area contributed by atoms with Gasteiger partial charge in [-0.3, -0.25) is 11.4 Å². The molecule has 4 nitrogen and oxygen atoms in total. The van der Waals surface area contributed by atoms with Gasteiger partial charge in [-0.25, -0.2) is 12.0 Å². The second-order valence-electron chi connectivity index (χ2n) is 14.5. The van der Waals surface area contributed by atoms with Crippen LogP contribution < -0.4 is 5.32 Å². The molecule has 43 heavy (non-hydrogen) atoms. The van der Waals surface area contributed by atoms with E-state index >= 15 is 0 Å². The van der Waals surface area contributed by atoms with Gasteiger partial charge in [0.2, 0.25) is 0 Å². The summed E-state index contributed by atoms with van der Waals surface area (Å²) in [5.41, 5.74) is 3.33. The molecule has 5 aliphatic heterocycles. The fourth-order valence-corrected chi connectivity index (χ4v) is 9.06. The molecule has 1 radical (unpaired) electrons. The molecule has 0 spiro atoms. The Labute approximate surface area is 287 Å². The first-order chi connectivity index (χ1) is 22.1. The van der Waals surface area contributed by atoms with Crippen LogP contribution in [0.2, 0.25) is 0 Å². The first-order valence-corrected chi connectivity index (χ1v) is 17.6. The quantitative estimate of drug-likeness (QED) is 0.290. The molecular weight excluding hydrogens is 727 g/mol. The standard InChI is InChI=1S/C25H38N2OS.C12H17N.Ir/c1-14-9-10-17-16-7-6-8-18(23(16)28-24(17)26-14)20-11-12-21-22(27-20)19(15(2)29-21)13-25(3,4)5;1-10-7-8-12(13-9-10)11-5-3-2-4-6-11;/h8,12,14-17,19-20,22,24,26H,6-7,9-11,13H2,1-5H3;8,10H,2-5,7,9H2,1H3;/q2*-2;/t14-,15?,16+,17?,19-,20-,22?,24?;10-;/m10./s1/i1D3,13D2;;. The molecule has 5 heterocycles. The molecule has 0 bridgehead atoms. The van der Waals surface area contributed by atoms with Crippen molar-refractivity contribution < 1.29 is 31.7 Å². The number of piperidine rings is 1. The molecular formula is C37H55IrN3OS-4. The molecule has 7 rings (SSSR count). The Morgan fingerprint density at radius 3 is 2.77 bits per heavy atom. The molecule has 243 valence electrons. The van der Waals surface area contributed by atoms with Crippen LogP contribution in [0, 0.1) is 41.6 Å². The Bertz CT molecular complexity index is 1290. The van der Waals surface area contributed by atoms with Crippen molar-refractivity contribution in [3.05, 3.63) is 62.8 Å². The van der Waals surface area contributed by atoms with E-state index in [4.69, 9.17) is 16.9 Å². The van der Waals surface area contributed by atoms with Crippen LogP contribution in [0.15, 0.2) is 39.7 Å². The van der Waals surface area contributed by atoms with E-state index in [1.807, 2.05) is 20.8 Å². The van der Waals surface area contributed by atoms with E-state index in [1.165, 1.54) is 41.9 Å². The summed E-state index contributed by atoms with van der Waals surface area (Å²) in [6.45, 7) is 9.37. The zero-order valence-electron chi connectivity index (χ0n) is 31.8. The zero-order valence-corrected chi connectivity index (χ0v) is 30.0. The molecule has 7 aliphatic rings. The van der Waals surface area contributed by atoms with Gasteiger partial charge in [-0.15, -0.1) is 37.2 Å². The minimum absolute atomic E-state index is 0. The number of ether oxygens (including phenoxy) is 1. The number of hydrogen-bond acceptors (Lipinski definition) is 3. The molecule has 0 aromatic rings. The van der Waals surface area contributed by atoms with Crippen LogP contribution in [0.5, 0.6) is 0 Å². The van der Waals surface area contributed by atoms with Crippen molar-refractivity contribution in [1.29, 1.82) is 0 Å². The van der Waals surface area contributed by atoms with E-state index in [2.05, 4.69) is 49.1 Å². The monoisotopic (exact) mass is 787 g/mol. The van der Waals surface area contributed by atoms with Crippen molar-refractivity contribution in [1.82, 2.24) is 5.32 Å². The summed E-state index contributed by atoms with van der Waals surface area (Å²) in [7, 11) is 0. The van der Waals surface area contributed by atoms with Crippen molar-refractivity contribution in [3.8, 4) is 0 Å². The third-order valence-corrected chi connectivity index (χ3v) is 11.2. The summed E-state index contributed by atoms with van der Waals surface area (Å²) in [6, 6.07) is -0.643. The average molecular weight is 787 g/mol. The summed E-state index contributed by atoms with van der Waals surface area (Å²) in [4.78, 5) is 1.23. The Kier molecular flexibility index (Phi) is 9.20. The molecule has 6 heteroatoms. The van der Waals surface area contributed by atoms with Gasteiger partial charge in [-0.1, -0.05) is 84.8 Å². The smallest absolute Gasteiger partial charge is 0.131 e. The van der Waals surface area contributed by atoms with Crippen LogP contribution in [0.1, 0.15) is 119 Å². The predicted molar refractivity (Wildman–Crippen MR) is 178 cm³/mol. The summed E-state index contributed by atoms with van der Waals surface area (Å²) >= 11 is 1.79. The summed E-state index contributed by atoms with van der Waals surface area (Å²) < 4.78 is 47.9. The molecule has 9 atom stereocenters. The largest absolute Gasteiger partial charge is 0.769 e. The van der Waals surface area contributed by atoms with Gasteiger partial charge in [0, 0.05) is 44.2 Å². The molecule has 4 unspecified atom stereocenters. The number of fused-ring (bicyclic) bond motifs is 4. The van der Waals surface area contributed by atoms with Crippen molar-refractivity contribution >= 4 is 11.8 Å². The number of thioether (sulfide) groups is 1. The van der Waals surface area contributed by atoms with E-state index in [0.29, 0.717) is 18.3 Å². The number of allylic oxidation sites excluding steroid dienone is 4. The van der Waals surface area contributed by atoms with E-state index in [0.717, 1.165) is 55.9 Å². The SMILES string of the molecule is C[C@H]1CC=C(C2=[C-]CCCC2)[N-]C1.[2H]C([2H])([2H])[C@@H]1CCC2C(N1)OC1=C([C@H]3CC=C4SC(C)[C@@H](C([2H])([2H])C(C)(C)C)C4[N-]3)[CH-]CC[C@H]12.[Ir]. The molecule has 0 aromatic heterocycles. The van der Waals surface area contributed by atoms with Crippen LogP contribution in [0.4, 0.5) is 0 Å². The molecule has 1 N–H and O–H groups in total. The Morgan fingerprint density at radius 2 is 2.05 bits per heavy atom. The van der Waals surface area contributed by atoms with Crippen LogP contribution in [0.3, 0.4) is 0 Å². The molecule has 3 fully saturated rings. The van der Waals surface area contributed by atoms with Gasteiger partial charge in [-0.05, 0) is 60.4 Å². The Morgan fingerprint density at radius 1 is 1.19 bits per heavy atom. The normalized spacial score (nSPS) is 41.0. The fraction of sp³-hybridized carbons (Fsp3) is 0.757. The fourth-order valence-electron chi connectivity index (χ4n) is 7.72. The van der Waals surface area contributed by atoms with Gasteiger partial charge in [0.05, 0.1) is 0 Å². The number of nitrogens with one attached hydrogen (secondary N) is 1. The molecule has 3 saturated heterocycles. The van der Waals surface area contributed by atoms with Gasteiger partial charge in [0.25, 0.3) is 0 Å². The third-order valence-electron chi connectivity index (χ3n) is 9.87. The average Bonchev–Trinajstić information content (AvgIpc) is 3.57. The Hall–Kier alpha value is -0.651. The second-order valence-corrected chi connectivity index (χ2v) is 16.0. The predicted octanol–water partition coefficient (Wildman–Crippen LogP) is 9.77. The zero-order chi connectivity index (χ0) is 33.7. The maximum atomic E-state index is 9.00. The first-order valence-electron chi connectivity index (χ1n) is 19.2. The first kappa shape index (κ1) is 27.5. The van der Waals surface area contributed by atoms with E-state index < -0.39 is 24.7 Å². The maximum absolute atomic E-state index is 9.00. The van der Waals surface area contributed by atoms with Gasteiger partial charge in [-0.2, -0.15) is 11.6 Å². The van der Waals surface area contributed by atoms with Crippen molar-refractivity contribution in [2.45, 2.75) is 142 Å². The summed E-state index contributed by atoms with van der Waals surface area (Å²) in [5, 5.41) is 13.4. The minimum Gasteiger partial charge on any atom is -0.769 e. The maximum Gasteiger partial charge on any atom is 0.131 e. The van der Waals surface area contributed by atoms with E-state index in [-0.39, 0.29) is 49.6 Å². The van der Waals surface area contributed by atoms with Crippen LogP contribution in [-0.2, 0) is 24.8 Å². The van der Waals surface area contributed by atoms with Crippen LogP contribution in [0.25, 0.3) is 10.6 Å². The summed E-state index contributed by atoms with van der Waals surface area (Å²) in [5.74, 6) is 2.24. The molecule has 2 aliphatic carbocycles. The van der Waals surface area contributed by atoms with Crippen molar-refractivity contribution in [2.75, 3.05) is 6.54 Å². The third kappa shape index (κ3) is 7.84. The van der Waals surface area contributed by atoms with Crippen LogP contribution in [-0.4, -0.2) is 36.1 Å². The van der Waals surface area contributed by atoms with Gasteiger partial charge >= 0.3 is 0 Å². The molecule has 0 amide bonds.